The predicted octanol–water partition coefficient (Wildman–Crippen LogP) is 12.4. The molecule has 0 atom stereocenters. The average molecular weight is 873 g/mol. The number of rotatable bonds is 5. The summed E-state index contributed by atoms with van der Waals surface area (Å²) < 4.78 is 65.5. The summed E-state index contributed by atoms with van der Waals surface area (Å²) >= 11 is 0. The number of nitriles is 1. The third-order valence-corrected chi connectivity index (χ3v) is 8.60. The molecule has 3 heterocycles. The van der Waals surface area contributed by atoms with Crippen LogP contribution in [0.4, 0.5) is 0 Å². The Kier molecular flexibility index (Phi) is 8.67. The van der Waals surface area contributed by atoms with Gasteiger partial charge < -0.3 is 14.4 Å². The third-order valence-electron chi connectivity index (χ3n) is 8.60. The topological polar surface area (TPSA) is 62.7 Å². The number of furan rings is 1. The van der Waals surface area contributed by atoms with Gasteiger partial charge in [-0.1, -0.05) is 104 Å². The molecule has 5 aromatic carbocycles. The molecule has 4 nitrogen and oxygen atoms in total. The quantitative estimate of drug-likeness (QED) is 0.162. The van der Waals surface area contributed by atoms with E-state index < -0.39 is 13.7 Å². The maximum atomic E-state index is 9.94. The number of pyridine rings is 2. The van der Waals surface area contributed by atoms with Crippen LogP contribution in [0.25, 0.3) is 66.7 Å². The summed E-state index contributed by atoms with van der Waals surface area (Å²) in [5.74, 6) is 0. The number of aryl methyl sites for hydroxylation is 2. The number of nitrogens with zero attached hydrogens (tertiary/aromatic N) is 3. The van der Waals surface area contributed by atoms with Gasteiger partial charge in [-0.25, -0.2) is 0 Å². The molecule has 8 aromatic rings. The van der Waals surface area contributed by atoms with Crippen molar-refractivity contribution >= 4 is 21.9 Å². The average Bonchev–Trinajstić information content (AvgIpc) is 3.59. The zero-order valence-corrected chi connectivity index (χ0v) is 31.8. The van der Waals surface area contributed by atoms with E-state index in [2.05, 4.69) is 28.2 Å². The van der Waals surface area contributed by atoms with Crippen molar-refractivity contribution in [3.63, 3.8) is 0 Å². The fraction of sp³-hybridized carbons (Fsp3) is 0.146. The second kappa shape index (κ2) is 15.9. The van der Waals surface area contributed by atoms with E-state index in [1.165, 1.54) is 12.3 Å². The van der Waals surface area contributed by atoms with E-state index in [0.717, 1.165) is 27.6 Å². The van der Waals surface area contributed by atoms with Crippen LogP contribution in [0.5, 0.6) is 0 Å². The summed E-state index contributed by atoms with van der Waals surface area (Å²) in [6, 6.07) is 43.5. The Labute approximate surface area is 335 Å². The van der Waals surface area contributed by atoms with Gasteiger partial charge in [-0.3, -0.25) is 0 Å². The van der Waals surface area contributed by atoms with Gasteiger partial charge in [0, 0.05) is 51.7 Å². The molecular weight excluding hydrogens is 827 g/mol. The molecule has 1 radical (unpaired) electrons. The Bertz CT molecular complexity index is 2790. The summed E-state index contributed by atoms with van der Waals surface area (Å²) in [7, 11) is 0. The molecule has 53 heavy (non-hydrogen) atoms. The molecule has 0 aliphatic rings. The van der Waals surface area contributed by atoms with Gasteiger partial charge in [0.25, 0.3) is 0 Å². The van der Waals surface area contributed by atoms with Crippen LogP contribution in [0.2, 0.25) is 0 Å². The van der Waals surface area contributed by atoms with E-state index in [9.17, 15) is 5.26 Å². The summed E-state index contributed by atoms with van der Waals surface area (Å²) in [6.45, 7) is 0.823. The molecule has 3 aromatic heterocycles. The molecule has 0 bridgehead atoms. The summed E-state index contributed by atoms with van der Waals surface area (Å²) in [6.07, 6.45) is 3.55. The van der Waals surface area contributed by atoms with Crippen LogP contribution in [0.15, 0.2) is 138 Å². The number of benzene rings is 5. The van der Waals surface area contributed by atoms with Crippen LogP contribution >= 0.6 is 0 Å². The first-order chi connectivity index (χ1) is 28.0. The summed E-state index contributed by atoms with van der Waals surface area (Å²) in [4.78, 5) is 8.74. The minimum absolute atomic E-state index is 0. The van der Waals surface area contributed by atoms with Crippen molar-refractivity contribution in [1.29, 1.82) is 5.26 Å². The van der Waals surface area contributed by atoms with Gasteiger partial charge in [-0.15, -0.1) is 54.1 Å². The van der Waals surface area contributed by atoms with Gasteiger partial charge in [0.2, 0.25) is 0 Å². The second-order valence-electron chi connectivity index (χ2n) is 13.7. The zero-order valence-electron chi connectivity index (χ0n) is 36.4. The first kappa shape index (κ1) is 28.9. The molecule has 0 fully saturated rings. The Morgan fingerprint density at radius 1 is 0.774 bits per heavy atom. The first-order valence-corrected chi connectivity index (χ1v) is 16.9. The predicted molar refractivity (Wildman–Crippen MR) is 213 cm³/mol. The van der Waals surface area contributed by atoms with Crippen molar-refractivity contribution in [2.45, 2.75) is 40.9 Å². The van der Waals surface area contributed by atoms with Crippen molar-refractivity contribution in [2.75, 3.05) is 0 Å². The SMILES string of the molecule is [2H]c1cc(CC(C)(C)C)cc(C([2H])([2H])[2H])c1-c1cc(-c2[c-]ccc3c2oc2c(-c4ccccc4)c(C#N)ccc23)ncc1C([2H])([2H])[2H].[Ir].[c-]1ccccc1-c1ccccn1. The van der Waals surface area contributed by atoms with E-state index >= 15 is 0 Å². The Morgan fingerprint density at radius 2 is 1.57 bits per heavy atom. The molecular formula is C48H39IrN3O-2. The van der Waals surface area contributed by atoms with Gasteiger partial charge in [0.05, 0.1) is 18.6 Å². The van der Waals surface area contributed by atoms with E-state index in [0.29, 0.717) is 45.5 Å². The molecule has 0 N–H and O–H groups in total. The van der Waals surface area contributed by atoms with Crippen LogP contribution < -0.4 is 0 Å². The fourth-order valence-corrected chi connectivity index (χ4v) is 6.33. The monoisotopic (exact) mass is 873 g/mol. The van der Waals surface area contributed by atoms with Gasteiger partial charge in [-0.05, 0) is 82.4 Å². The van der Waals surface area contributed by atoms with E-state index in [1.54, 1.807) is 30.5 Å². The second-order valence-corrected chi connectivity index (χ2v) is 13.7. The Morgan fingerprint density at radius 3 is 2.28 bits per heavy atom. The van der Waals surface area contributed by atoms with E-state index in [4.69, 9.17) is 14.0 Å². The van der Waals surface area contributed by atoms with Crippen molar-refractivity contribution in [2.24, 2.45) is 5.41 Å². The van der Waals surface area contributed by atoms with Crippen molar-refractivity contribution in [1.82, 2.24) is 9.97 Å². The summed E-state index contributed by atoms with van der Waals surface area (Å²) in [5.41, 5.74) is 5.99. The fourth-order valence-electron chi connectivity index (χ4n) is 6.33. The number of hydrogen-bond acceptors (Lipinski definition) is 4. The van der Waals surface area contributed by atoms with Crippen LogP contribution in [0, 0.1) is 42.6 Å². The maximum Gasteiger partial charge on any atom is 0.130 e. The molecule has 0 spiro atoms. The molecule has 8 rings (SSSR count). The first-order valence-electron chi connectivity index (χ1n) is 20.4. The maximum absolute atomic E-state index is 9.94. The molecule has 5 heteroatoms. The largest absolute Gasteiger partial charge is 0.500 e. The Hall–Kier alpha value is -5.66. The van der Waals surface area contributed by atoms with Crippen molar-refractivity contribution in [3.05, 3.63) is 168 Å². The molecule has 0 saturated heterocycles. The number of aromatic nitrogens is 2. The Balaban J connectivity index is 0.000000397. The molecule has 263 valence electrons. The molecule has 0 saturated carbocycles. The minimum atomic E-state index is -2.64. The van der Waals surface area contributed by atoms with Gasteiger partial charge in [0.1, 0.15) is 5.58 Å². The van der Waals surface area contributed by atoms with Crippen LogP contribution in [0.1, 0.15) is 52.6 Å². The van der Waals surface area contributed by atoms with Gasteiger partial charge in [0.15, 0.2) is 0 Å². The van der Waals surface area contributed by atoms with Gasteiger partial charge in [-0.2, -0.15) is 5.26 Å². The van der Waals surface area contributed by atoms with Gasteiger partial charge >= 0.3 is 0 Å². The summed E-state index contributed by atoms with van der Waals surface area (Å²) in [5, 5.41) is 11.5. The zero-order chi connectivity index (χ0) is 42.1. The van der Waals surface area contributed by atoms with Crippen LogP contribution in [-0.2, 0) is 26.5 Å². The standard InChI is InChI=1S/C37H31N2O.C11H8N.Ir/c1-23-18-25(20-37(3,4)5)14-16-28(23)32-19-33(39-22-24(32)2)31-13-9-12-29-30-17-15-27(21-38)34(36(30)40-35(29)31)26-10-7-6-8-11-26;1-2-6-10(7-3-1)11-8-4-5-9-12-11;/h6-12,14-19,22H,20H2,1-5H3;1-6,8-9H;/q2*-1;/i1D3,2D3,16D;;. The number of fused-ring (bicyclic) bond motifs is 3. The molecule has 0 unspecified atom stereocenters. The smallest absolute Gasteiger partial charge is 0.130 e. The van der Waals surface area contributed by atoms with Crippen molar-refractivity contribution in [3.8, 4) is 50.8 Å². The van der Waals surface area contributed by atoms with Crippen molar-refractivity contribution < 1.29 is 34.1 Å². The number of hydrogen-bond donors (Lipinski definition) is 0. The van der Waals surface area contributed by atoms with Crippen LogP contribution in [-0.4, -0.2) is 9.97 Å². The van der Waals surface area contributed by atoms with E-state index in [-0.39, 0.29) is 53.8 Å². The van der Waals surface area contributed by atoms with Crippen LogP contribution in [0.3, 0.4) is 0 Å². The van der Waals surface area contributed by atoms with E-state index in [1.807, 2.05) is 106 Å². The normalized spacial score (nSPS) is 13.4. The molecule has 0 aliphatic carbocycles. The molecule has 0 aliphatic heterocycles. The minimum Gasteiger partial charge on any atom is -0.500 e. The molecule has 0 amide bonds. The third kappa shape index (κ3) is 8.06.